The smallest absolute Gasteiger partial charge is 0.414 e. The van der Waals surface area contributed by atoms with Gasteiger partial charge in [-0.15, -0.1) is 0 Å². The molecule has 10 heteroatoms. The Morgan fingerprint density at radius 2 is 1.89 bits per heavy atom. The predicted octanol–water partition coefficient (Wildman–Crippen LogP) is 1.87. The van der Waals surface area contributed by atoms with Gasteiger partial charge in [-0.1, -0.05) is 11.6 Å². The highest BCUT2D eigenvalue weighted by molar-refractivity contribution is 9.10. The van der Waals surface area contributed by atoms with Crippen LogP contribution in [0.25, 0.3) is 0 Å². The van der Waals surface area contributed by atoms with E-state index in [4.69, 9.17) is 40.9 Å². The van der Waals surface area contributed by atoms with Crippen LogP contribution in [0, 0.1) is 6.92 Å². The van der Waals surface area contributed by atoms with E-state index in [2.05, 4.69) is 26.1 Å². The zero-order valence-corrected chi connectivity index (χ0v) is 17.4. The quantitative estimate of drug-likeness (QED) is 0.412. The number of carboxylic acids is 2. The van der Waals surface area contributed by atoms with Crippen molar-refractivity contribution in [2.75, 3.05) is 52.5 Å². The molecule has 2 rings (SSSR count). The van der Waals surface area contributed by atoms with Crippen molar-refractivity contribution in [3.8, 4) is 5.75 Å². The summed E-state index contributed by atoms with van der Waals surface area (Å²) in [6.07, 6.45) is 0. The van der Waals surface area contributed by atoms with Gasteiger partial charge in [0.1, 0.15) is 12.4 Å². The lowest BCUT2D eigenvalue weighted by atomic mass is 10.2. The summed E-state index contributed by atoms with van der Waals surface area (Å²) >= 11 is 9.47. The van der Waals surface area contributed by atoms with Gasteiger partial charge in [0, 0.05) is 37.7 Å². The molecule has 3 N–H and O–H groups in total. The first-order valence-electron chi connectivity index (χ1n) is 8.36. The third kappa shape index (κ3) is 9.92. The number of nitrogens with one attached hydrogen (secondary N) is 1. The predicted molar refractivity (Wildman–Crippen MR) is 105 cm³/mol. The Bertz CT molecular complexity index is 590. The summed E-state index contributed by atoms with van der Waals surface area (Å²) in [5.41, 5.74) is 1.04. The monoisotopic (exact) mass is 466 g/mol. The van der Waals surface area contributed by atoms with Crippen molar-refractivity contribution in [1.29, 1.82) is 0 Å². The Labute approximate surface area is 171 Å². The molecule has 1 aromatic carbocycles. The van der Waals surface area contributed by atoms with Crippen molar-refractivity contribution in [2.45, 2.75) is 6.92 Å². The molecule has 0 radical (unpaired) electrons. The molecule has 152 valence electrons. The van der Waals surface area contributed by atoms with E-state index in [0.29, 0.717) is 6.61 Å². The molecule has 0 spiro atoms. The number of benzene rings is 1. The molecular weight excluding hydrogens is 444 g/mol. The van der Waals surface area contributed by atoms with Crippen LogP contribution in [0.15, 0.2) is 16.6 Å². The number of nitrogens with zero attached hydrogens (tertiary/aromatic N) is 1. The minimum Gasteiger partial charge on any atom is -0.491 e. The highest BCUT2D eigenvalue weighted by Crippen LogP contribution is 2.31. The average molecular weight is 468 g/mol. The molecule has 1 aliphatic rings. The number of aliphatic carboxylic acids is 2. The molecule has 0 unspecified atom stereocenters. The maximum absolute atomic E-state index is 9.10. The summed E-state index contributed by atoms with van der Waals surface area (Å²) in [4.78, 5) is 20.6. The molecule has 1 aromatic rings. The van der Waals surface area contributed by atoms with Gasteiger partial charge >= 0.3 is 11.9 Å². The highest BCUT2D eigenvalue weighted by Gasteiger charge is 2.09. The molecule has 1 fully saturated rings. The maximum atomic E-state index is 9.10. The van der Waals surface area contributed by atoms with Crippen LogP contribution in [-0.2, 0) is 14.3 Å². The Hall–Kier alpha value is -1.39. The summed E-state index contributed by atoms with van der Waals surface area (Å²) in [7, 11) is 0. The Kier molecular flexibility index (Phi) is 11.3. The molecular formula is C17H24BrClN2O6. The molecule has 1 aliphatic heterocycles. The normalized spacial score (nSPS) is 14.2. The van der Waals surface area contributed by atoms with Gasteiger partial charge in [-0.3, -0.25) is 4.90 Å². The third-order valence-corrected chi connectivity index (χ3v) is 4.42. The molecule has 0 saturated carbocycles. The second-order valence-corrected chi connectivity index (χ2v) is 6.99. The molecule has 1 heterocycles. The fraction of sp³-hybridized carbons (Fsp3) is 0.529. The van der Waals surface area contributed by atoms with Crippen LogP contribution < -0.4 is 10.1 Å². The van der Waals surface area contributed by atoms with Gasteiger partial charge in [-0.25, -0.2) is 9.59 Å². The molecule has 27 heavy (non-hydrogen) atoms. The van der Waals surface area contributed by atoms with E-state index in [-0.39, 0.29) is 0 Å². The molecule has 0 aliphatic carbocycles. The van der Waals surface area contributed by atoms with E-state index in [1.807, 2.05) is 19.1 Å². The van der Waals surface area contributed by atoms with Crippen molar-refractivity contribution < 1.29 is 29.3 Å². The first-order valence-corrected chi connectivity index (χ1v) is 9.54. The van der Waals surface area contributed by atoms with Gasteiger partial charge in [-0.2, -0.15) is 0 Å². The van der Waals surface area contributed by atoms with E-state index in [9.17, 15) is 0 Å². The van der Waals surface area contributed by atoms with Crippen molar-refractivity contribution in [1.82, 2.24) is 10.2 Å². The topological polar surface area (TPSA) is 108 Å². The molecule has 8 nitrogen and oxygen atoms in total. The fourth-order valence-corrected chi connectivity index (χ4v) is 3.36. The Balaban J connectivity index is 0.000000527. The van der Waals surface area contributed by atoms with Gasteiger partial charge in [0.05, 0.1) is 17.7 Å². The SMILES string of the molecule is Cc1cc(Cl)cc(Br)c1OCCNCCN1CCOCC1.O=C(O)C(=O)O. The number of morpholine rings is 1. The van der Waals surface area contributed by atoms with E-state index in [0.717, 1.165) is 66.7 Å². The number of hydrogen-bond donors (Lipinski definition) is 3. The van der Waals surface area contributed by atoms with Gasteiger partial charge in [0.2, 0.25) is 0 Å². The summed E-state index contributed by atoms with van der Waals surface area (Å²) < 4.78 is 12.0. The lowest BCUT2D eigenvalue weighted by Crippen LogP contribution is -2.40. The van der Waals surface area contributed by atoms with Gasteiger partial charge in [0.15, 0.2) is 0 Å². The largest absolute Gasteiger partial charge is 0.491 e. The fourth-order valence-electron chi connectivity index (χ4n) is 2.28. The lowest BCUT2D eigenvalue weighted by Gasteiger charge is -2.26. The minimum atomic E-state index is -1.82. The van der Waals surface area contributed by atoms with Crippen LogP contribution >= 0.6 is 27.5 Å². The minimum absolute atomic E-state index is 0.643. The molecule has 0 amide bonds. The van der Waals surface area contributed by atoms with Crippen molar-refractivity contribution in [3.05, 3.63) is 27.2 Å². The first kappa shape index (κ1) is 23.6. The highest BCUT2D eigenvalue weighted by atomic mass is 79.9. The zero-order valence-electron chi connectivity index (χ0n) is 15.0. The van der Waals surface area contributed by atoms with Gasteiger partial charge in [0.25, 0.3) is 0 Å². The number of carbonyl (C=O) groups is 2. The summed E-state index contributed by atoms with van der Waals surface area (Å²) in [5, 5.41) is 18.9. The summed E-state index contributed by atoms with van der Waals surface area (Å²) in [5.74, 6) is -2.78. The first-order chi connectivity index (χ1) is 12.8. The molecule has 0 bridgehead atoms. The number of carboxylic acid groups (broad SMARTS) is 2. The van der Waals surface area contributed by atoms with E-state index < -0.39 is 11.9 Å². The van der Waals surface area contributed by atoms with Crippen molar-refractivity contribution in [2.24, 2.45) is 0 Å². The summed E-state index contributed by atoms with van der Waals surface area (Å²) in [6, 6.07) is 3.77. The second kappa shape index (κ2) is 12.9. The maximum Gasteiger partial charge on any atom is 0.414 e. The third-order valence-electron chi connectivity index (χ3n) is 3.61. The Morgan fingerprint density at radius 1 is 1.26 bits per heavy atom. The van der Waals surface area contributed by atoms with Crippen molar-refractivity contribution >= 4 is 39.5 Å². The van der Waals surface area contributed by atoms with E-state index in [1.54, 1.807) is 0 Å². The number of halogens is 2. The van der Waals surface area contributed by atoms with Crippen LogP contribution in [0.3, 0.4) is 0 Å². The average Bonchev–Trinajstić information content (AvgIpc) is 2.61. The van der Waals surface area contributed by atoms with Crippen LogP contribution in [0.5, 0.6) is 5.75 Å². The van der Waals surface area contributed by atoms with Crippen LogP contribution in [0.4, 0.5) is 0 Å². The Morgan fingerprint density at radius 3 is 2.44 bits per heavy atom. The zero-order chi connectivity index (χ0) is 20.2. The van der Waals surface area contributed by atoms with Gasteiger partial charge < -0.3 is 25.0 Å². The lowest BCUT2D eigenvalue weighted by molar-refractivity contribution is -0.159. The second-order valence-electron chi connectivity index (χ2n) is 5.70. The van der Waals surface area contributed by atoms with E-state index >= 15 is 0 Å². The molecule has 1 saturated heterocycles. The number of ether oxygens (including phenoxy) is 2. The van der Waals surface area contributed by atoms with Crippen LogP contribution in [-0.4, -0.2) is 79.6 Å². The summed E-state index contributed by atoms with van der Waals surface area (Å²) in [6.45, 7) is 9.29. The van der Waals surface area contributed by atoms with Crippen LogP contribution in [0.2, 0.25) is 5.02 Å². The van der Waals surface area contributed by atoms with Crippen molar-refractivity contribution in [3.63, 3.8) is 0 Å². The van der Waals surface area contributed by atoms with Crippen LogP contribution in [0.1, 0.15) is 5.56 Å². The molecule has 0 atom stereocenters. The van der Waals surface area contributed by atoms with Gasteiger partial charge in [-0.05, 0) is 40.5 Å². The number of hydrogen-bond acceptors (Lipinski definition) is 6. The number of rotatable bonds is 7. The van der Waals surface area contributed by atoms with E-state index in [1.165, 1.54) is 0 Å². The molecule has 0 aromatic heterocycles. The standard InChI is InChI=1S/C15H22BrClN2O2.C2H2O4/c1-12-10-13(17)11-14(16)15(12)21-7-3-18-2-4-19-5-8-20-9-6-19;3-1(4)2(5)6/h10-11,18H,2-9H2,1H3;(H,3,4)(H,5,6). The number of aryl methyl sites for hydroxylation is 1.